The fraction of sp³-hybridized carbons (Fsp3) is 0.895. The van der Waals surface area contributed by atoms with Gasteiger partial charge < -0.3 is 14.8 Å². The van der Waals surface area contributed by atoms with Gasteiger partial charge in [-0.25, -0.2) is 9.59 Å². The highest BCUT2D eigenvalue weighted by Crippen LogP contribution is 2.09. The molecule has 0 saturated carbocycles. The Morgan fingerprint density at radius 1 is 0.833 bits per heavy atom. The Labute approximate surface area is 147 Å². The van der Waals surface area contributed by atoms with Gasteiger partial charge in [0.05, 0.1) is 13.7 Å². The van der Waals surface area contributed by atoms with E-state index >= 15 is 0 Å². The number of alkyl carbamates (subject to hydrolysis) is 1. The number of nitrogens with one attached hydrogen (secondary N) is 1. The van der Waals surface area contributed by atoms with E-state index in [1.165, 1.54) is 39.2 Å². The van der Waals surface area contributed by atoms with Crippen LogP contribution in [0.4, 0.5) is 4.79 Å². The van der Waals surface area contributed by atoms with Gasteiger partial charge in [0, 0.05) is 0 Å². The predicted molar refractivity (Wildman–Crippen MR) is 97.0 cm³/mol. The van der Waals surface area contributed by atoms with E-state index in [9.17, 15) is 9.59 Å². The third kappa shape index (κ3) is 13.2. The first-order valence-electron chi connectivity index (χ1n) is 9.66. The smallest absolute Gasteiger partial charge is 0.407 e. The average molecular weight is 344 g/mol. The van der Waals surface area contributed by atoms with E-state index in [0.29, 0.717) is 13.0 Å². The van der Waals surface area contributed by atoms with Crippen molar-refractivity contribution in [3.05, 3.63) is 0 Å². The summed E-state index contributed by atoms with van der Waals surface area (Å²) in [5.74, 6) is -0.345. The van der Waals surface area contributed by atoms with E-state index in [1.54, 1.807) is 0 Å². The van der Waals surface area contributed by atoms with Crippen molar-refractivity contribution in [1.29, 1.82) is 0 Å². The molecule has 0 spiro atoms. The highest BCUT2D eigenvalue weighted by atomic mass is 16.5. The molecule has 0 bridgehead atoms. The van der Waals surface area contributed by atoms with Crippen molar-refractivity contribution in [3.63, 3.8) is 0 Å². The van der Waals surface area contributed by atoms with Crippen molar-refractivity contribution < 1.29 is 19.1 Å². The summed E-state index contributed by atoms with van der Waals surface area (Å²) < 4.78 is 9.92. The van der Waals surface area contributed by atoms with Crippen molar-refractivity contribution >= 4 is 12.1 Å². The third-order valence-electron chi connectivity index (χ3n) is 4.10. The fourth-order valence-electron chi connectivity index (χ4n) is 2.56. The molecular formula is C19H37NO4. The van der Waals surface area contributed by atoms with E-state index in [1.807, 2.05) is 0 Å². The van der Waals surface area contributed by atoms with Crippen molar-refractivity contribution in [2.24, 2.45) is 0 Å². The molecule has 0 saturated heterocycles. The molecule has 0 aliphatic heterocycles. The molecule has 0 aliphatic carbocycles. The largest absolute Gasteiger partial charge is 0.464 e. The highest BCUT2D eigenvalue weighted by Gasteiger charge is 2.22. The number of rotatable bonds is 15. The molecule has 1 N–H and O–H groups in total. The SMILES string of the molecule is CCCCCCCCCOC(=O)C(CCCCCC)NC(=O)OC. The molecule has 0 radical (unpaired) electrons. The van der Waals surface area contributed by atoms with Crippen LogP contribution >= 0.6 is 0 Å². The summed E-state index contributed by atoms with van der Waals surface area (Å²) in [7, 11) is 1.30. The Morgan fingerprint density at radius 3 is 1.96 bits per heavy atom. The Kier molecular flexibility index (Phi) is 15.7. The van der Waals surface area contributed by atoms with Crippen LogP contribution in [0.2, 0.25) is 0 Å². The van der Waals surface area contributed by atoms with Crippen LogP contribution in [0.5, 0.6) is 0 Å². The summed E-state index contributed by atoms with van der Waals surface area (Å²) in [5, 5.41) is 2.58. The van der Waals surface area contributed by atoms with Crippen LogP contribution in [0.1, 0.15) is 90.9 Å². The van der Waals surface area contributed by atoms with Gasteiger partial charge in [-0.15, -0.1) is 0 Å². The molecule has 1 amide bonds. The Bertz CT molecular complexity index is 320. The van der Waals surface area contributed by atoms with Crippen LogP contribution in [0.3, 0.4) is 0 Å². The third-order valence-corrected chi connectivity index (χ3v) is 4.10. The normalized spacial score (nSPS) is 11.8. The molecule has 0 aromatic carbocycles. The number of esters is 1. The highest BCUT2D eigenvalue weighted by molar-refractivity contribution is 5.81. The summed E-state index contributed by atoms with van der Waals surface area (Å²) in [5.41, 5.74) is 0. The summed E-state index contributed by atoms with van der Waals surface area (Å²) in [6, 6.07) is -0.598. The van der Waals surface area contributed by atoms with Crippen LogP contribution in [-0.4, -0.2) is 31.8 Å². The molecule has 142 valence electrons. The second-order valence-corrected chi connectivity index (χ2v) is 6.33. The lowest BCUT2D eigenvalue weighted by atomic mass is 10.1. The molecule has 0 heterocycles. The van der Waals surface area contributed by atoms with Crippen LogP contribution in [-0.2, 0) is 14.3 Å². The average Bonchev–Trinajstić information content (AvgIpc) is 2.59. The number of amides is 1. The second kappa shape index (κ2) is 16.6. The van der Waals surface area contributed by atoms with E-state index < -0.39 is 12.1 Å². The quantitative estimate of drug-likeness (QED) is 0.336. The molecule has 24 heavy (non-hydrogen) atoms. The van der Waals surface area contributed by atoms with Crippen molar-refractivity contribution in [2.75, 3.05) is 13.7 Å². The van der Waals surface area contributed by atoms with E-state index in [2.05, 4.69) is 23.9 Å². The van der Waals surface area contributed by atoms with Gasteiger partial charge in [-0.05, 0) is 12.8 Å². The summed E-state index contributed by atoms with van der Waals surface area (Å²) >= 11 is 0. The lowest BCUT2D eigenvalue weighted by Crippen LogP contribution is -2.41. The Balaban J connectivity index is 3.94. The number of carbonyl (C=O) groups excluding carboxylic acids is 2. The van der Waals surface area contributed by atoms with Crippen LogP contribution in [0.25, 0.3) is 0 Å². The minimum atomic E-state index is -0.598. The molecule has 0 aromatic heterocycles. The molecule has 5 nitrogen and oxygen atoms in total. The van der Waals surface area contributed by atoms with Gasteiger partial charge in [0.2, 0.25) is 0 Å². The zero-order valence-corrected chi connectivity index (χ0v) is 15.9. The molecule has 0 aromatic rings. The summed E-state index contributed by atoms with van der Waals surface area (Å²) in [6.07, 6.45) is 12.5. The van der Waals surface area contributed by atoms with Gasteiger partial charge in [-0.1, -0.05) is 78.1 Å². The van der Waals surface area contributed by atoms with Gasteiger partial charge in [0.25, 0.3) is 0 Å². The number of carbonyl (C=O) groups is 2. The minimum Gasteiger partial charge on any atom is -0.464 e. The number of hydrogen-bond donors (Lipinski definition) is 1. The van der Waals surface area contributed by atoms with Gasteiger partial charge in [0.15, 0.2) is 0 Å². The van der Waals surface area contributed by atoms with E-state index in [4.69, 9.17) is 4.74 Å². The number of unbranched alkanes of at least 4 members (excludes halogenated alkanes) is 9. The van der Waals surface area contributed by atoms with E-state index in [0.717, 1.165) is 38.5 Å². The zero-order chi connectivity index (χ0) is 18.0. The second-order valence-electron chi connectivity index (χ2n) is 6.33. The number of methoxy groups -OCH3 is 1. The van der Waals surface area contributed by atoms with E-state index in [-0.39, 0.29) is 5.97 Å². The first-order chi connectivity index (χ1) is 11.7. The maximum Gasteiger partial charge on any atom is 0.407 e. The molecule has 5 heteroatoms. The maximum atomic E-state index is 12.1. The van der Waals surface area contributed by atoms with Crippen LogP contribution in [0, 0.1) is 0 Å². The fourth-order valence-corrected chi connectivity index (χ4v) is 2.56. The predicted octanol–water partition coefficient (Wildman–Crippen LogP) is 4.98. The first kappa shape index (κ1) is 22.7. The lowest BCUT2D eigenvalue weighted by Gasteiger charge is -2.17. The van der Waals surface area contributed by atoms with Crippen molar-refractivity contribution in [1.82, 2.24) is 5.32 Å². The molecular weight excluding hydrogens is 306 g/mol. The minimum absolute atomic E-state index is 0.345. The van der Waals surface area contributed by atoms with Gasteiger partial charge in [-0.2, -0.15) is 0 Å². The van der Waals surface area contributed by atoms with Crippen molar-refractivity contribution in [2.45, 2.75) is 96.9 Å². The summed E-state index contributed by atoms with van der Waals surface area (Å²) in [4.78, 5) is 23.5. The first-order valence-corrected chi connectivity index (χ1v) is 9.66. The molecule has 1 atom stereocenters. The molecule has 0 rings (SSSR count). The molecule has 0 aliphatic rings. The topological polar surface area (TPSA) is 64.6 Å². The van der Waals surface area contributed by atoms with Crippen LogP contribution in [0.15, 0.2) is 0 Å². The van der Waals surface area contributed by atoms with Gasteiger partial charge in [0.1, 0.15) is 6.04 Å². The van der Waals surface area contributed by atoms with Gasteiger partial charge in [-0.3, -0.25) is 0 Å². The standard InChI is InChI=1S/C19H37NO4/c1-4-6-8-10-11-12-14-16-24-18(21)17(20-19(22)23-3)15-13-9-7-5-2/h17H,4-16H2,1-3H3,(H,20,22). The molecule has 0 fully saturated rings. The van der Waals surface area contributed by atoms with Crippen molar-refractivity contribution in [3.8, 4) is 0 Å². The Hall–Kier alpha value is -1.26. The zero-order valence-electron chi connectivity index (χ0n) is 15.9. The maximum absolute atomic E-state index is 12.1. The Morgan fingerprint density at radius 2 is 1.38 bits per heavy atom. The summed E-state index contributed by atoms with van der Waals surface area (Å²) in [6.45, 7) is 4.78. The van der Waals surface area contributed by atoms with Gasteiger partial charge >= 0.3 is 12.1 Å². The monoisotopic (exact) mass is 343 g/mol. The van der Waals surface area contributed by atoms with Crippen LogP contribution < -0.4 is 5.32 Å². The number of ether oxygens (including phenoxy) is 2. The number of hydrogen-bond acceptors (Lipinski definition) is 4. The molecule has 1 unspecified atom stereocenters. The lowest BCUT2D eigenvalue weighted by molar-refractivity contribution is -0.146.